The molecule has 0 aliphatic rings. The number of anilines is 1. The van der Waals surface area contributed by atoms with Gasteiger partial charge >= 0.3 is 0 Å². The van der Waals surface area contributed by atoms with Gasteiger partial charge < -0.3 is 0 Å². The number of carbonyl (C=O) groups is 2. The minimum absolute atomic E-state index is 0.00706. The molecule has 0 atom stereocenters. The summed E-state index contributed by atoms with van der Waals surface area (Å²) in [6.45, 7) is 7.48. The summed E-state index contributed by atoms with van der Waals surface area (Å²) < 4.78 is 28.7. The van der Waals surface area contributed by atoms with Gasteiger partial charge in [-0.25, -0.2) is 18.4 Å². The third-order valence-corrected chi connectivity index (χ3v) is 7.00. The first-order valence-corrected chi connectivity index (χ1v) is 12.2. The number of hydrogen-bond donors (Lipinski definition) is 1. The summed E-state index contributed by atoms with van der Waals surface area (Å²) in [6, 6.07) is 11.0. The van der Waals surface area contributed by atoms with Gasteiger partial charge in [0.2, 0.25) is 6.41 Å². The number of aromatic nitrogens is 2. The zero-order valence-corrected chi connectivity index (χ0v) is 20.8. The van der Waals surface area contributed by atoms with Crippen molar-refractivity contribution in [1.29, 1.82) is 0 Å². The molecule has 0 unspecified atom stereocenters. The second kappa shape index (κ2) is 9.90. The van der Waals surface area contributed by atoms with Crippen molar-refractivity contribution in [2.75, 3.05) is 4.72 Å². The van der Waals surface area contributed by atoms with Gasteiger partial charge in [0, 0.05) is 17.4 Å². The predicted molar refractivity (Wildman–Crippen MR) is 130 cm³/mol. The van der Waals surface area contributed by atoms with Crippen LogP contribution in [0.4, 0.5) is 5.69 Å². The predicted octanol–water partition coefficient (Wildman–Crippen LogP) is 4.34. The first kappa shape index (κ1) is 25.3. The molecule has 1 N–H and O–H groups in total. The Kier molecular flexibility index (Phi) is 7.38. The highest BCUT2D eigenvalue weighted by Crippen LogP contribution is 2.30. The summed E-state index contributed by atoms with van der Waals surface area (Å²) in [5.74, 6) is -0.480. The molecule has 0 bridgehead atoms. The molecule has 178 valence electrons. The van der Waals surface area contributed by atoms with E-state index in [1.807, 2.05) is 20.8 Å². The summed E-state index contributed by atoms with van der Waals surface area (Å²) in [4.78, 5) is 34.0. The van der Waals surface area contributed by atoms with Crippen molar-refractivity contribution in [3.05, 3.63) is 82.4 Å². The van der Waals surface area contributed by atoms with Crippen LogP contribution in [0.1, 0.15) is 48.1 Å². The number of halogens is 1. The number of rotatable bonds is 7. The van der Waals surface area contributed by atoms with Gasteiger partial charge in [-0.1, -0.05) is 44.5 Å². The molecule has 8 nitrogen and oxygen atoms in total. The molecule has 10 heteroatoms. The Balaban J connectivity index is 1.97. The minimum Gasteiger partial charge on any atom is -0.279 e. The molecule has 3 aromatic rings. The zero-order valence-electron chi connectivity index (χ0n) is 19.2. The summed E-state index contributed by atoms with van der Waals surface area (Å²) in [5.41, 5.74) is 1.15. The van der Waals surface area contributed by atoms with Gasteiger partial charge in [-0.2, -0.15) is 0 Å². The lowest BCUT2D eigenvalue weighted by molar-refractivity contribution is -0.116. The summed E-state index contributed by atoms with van der Waals surface area (Å²) in [7, 11) is -4.03. The fourth-order valence-corrected chi connectivity index (χ4v) is 4.48. The molecule has 1 heterocycles. The molecule has 34 heavy (non-hydrogen) atoms. The lowest BCUT2D eigenvalue weighted by Gasteiger charge is -2.21. The lowest BCUT2D eigenvalue weighted by atomic mass is 9.87. The Morgan fingerprint density at radius 2 is 1.71 bits per heavy atom. The second-order valence-corrected chi connectivity index (χ2v) is 10.8. The monoisotopic (exact) mass is 500 g/mol. The summed E-state index contributed by atoms with van der Waals surface area (Å²) in [6.07, 6.45) is 3.33. The van der Waals surface area contributed by atoms with E-state index in [2.05, 4.69) is 14.7 Å². The molecular weight excluding hydrogens is 476 g/mol. The molecule has 0 saturated carbocycles. The Hall–Kier alpha value is -3.30. The maximum Gasteiger partial charge on any atom is 0.263 e. The number of carbonyl (C=O) groups excluding carboxylic acids is 2. The molecule has 0 spiro atoms. The van der Waals surface area contributed by atoms with E-state index < -0.39 is 15.9 Å². The highest BCUT2D eigenvalue weighted by atomic mass is 35.5. The van der Waals surface area contributed by atoms with Gasteiger partial charge in [0.05, 0.1) is 22.7 Å². The quantitative estimate of drug-likeness (QED) is 0.483. The van der Waals surface area contributed by atoms with Crippen molar-refractivity contribution in [2.45, 2.75) is 44.6 Å². The van der Waals surface area contributed by atoms with Crippen molar-refractivity contribution >= 4 is 39.6 Å². The van der Waals surface area contributed by atoms with Crippen LogP contribution in [0.3, 0.4) is 0 Å². The first-order chi connectivity index (χ1) is 15.9. The Labute approximate surface area is 204 Å². The molecule has 2 aromatic carbocycles. The van der Waals surface area contributed by atoms with Crippen LogP contribution < -0.4 is 4.72 Å². The molecule has 0 aliphatic carbocycles. The number of sulfonamides is 1. The number of hydrogen-bond acceptors (Lipinski definition) is 6. The second-order valence-electron chi connectivity index (χ2n) is 8.68. The zero-order chi connectivity index (χ0) is 25.1. The van der Waals surface area contributed by atoms with Gasteiger partial charge in [0.25, 0.3) is 15.9 Å². The maximum atomic E-state index is 13.3. The molecule has 0 fully saturated rings. The molecule has 3 rings (SSSR count). The van der Waals surface area contributed by atoms with E-state index in [4.69, 9.17) is 11.6 Å². The largest absolute Gasteiger partial charge is 0.279 e. The van der Waals surface area contributed by atoms with Crippen molar-refractivity contribution in [3.8, 4) is 0 Å². The highest BCUT2D eigenvalue weighted by molar-refractivity contribution is 7.92. The third-order valence-electron chi connectivity index (χ3n) is 5.21. The van der Waals surface area contributed by atoms with Crippen LogP contribution in [0, 0.1) is 6.92 Å². The summed E-state index contributed by atoms with van der Waals surface area (Å²) >= 11 is 6.23. The van der Waals surface area contributed by atoms with E-state index >= 15 is 0 Å². The topological polar surface area (TPSA) is 109 Å². The van der Waals surface area contributed by atoms with Gasteiger partial charge in [0.15, 0.2) is 0 Å². The van der Waals surface area contributed by atoms with E-state index in [1.54, 1.807) is 25.1 Å². The third kappa shape index (κ3) is 5.60. The van der Waals surface area contributed by atoms with Crippen LogP contribution in [0.5, 0.6) is 0 Å². The number of benzene rings is 2. The van der Waals surface area contributed by atoms with Crippen LogP contribution in [-0.2, 0) is 26.8 Å². The Bertz CT molecular complexity index is 1310. The number of nitrogens with zero attached hydrogens (tertiary/aromatic N) is 3. The van der Waals surface area contributed by atoms with Crippen molar-refractivity contribution < 1.29 is 18.0 Å². The highest BCUT2D eigenvalue weighted by Gasteiger charge is 2.26. The Morgan fingerprint density at radius 1 is 1.09 bits per heavy atom. The average molecular weight is 501 g/mol. The van der Waals surface area contributed by atoms with Crippen LogP contribution in [0.25, 0.3) is 0 Å². The van der Waals surface area contributed by atoms with Crippen LogP contribution in [-0.4, -0.2) is 35.6 Å². The van der Waals surface area contributed by atoms with Crippen LogP contribution in [0.15, 0.2) is 59.8 Å². The molecule has 1 aromatic heterocycles. The van der Waals surface area contributed by atoms with E-state index in [0.717, 1.165) is 10.5 Å². The maximum absolute atomic E-state index is 13.3. The fourth-order valence-electron chi connectivity index (χ4n) is 3.25. The molecular formula is C24H25ClN4O4S. The minimum atomic E-state index is -4.03. The molecule has 0 radical (unpaired) electrons. The van der Waals surface area contributed by atoms with Gasteiger partial charge in [0.1, 0.15) is 5.82 Å². The van der Waals surface area contributed by atoms with E-state index in [1.165, 1.54) is 36.7 Å². The SMILES string of the molecule is Cc1c(Cl)ccc(NS(=O)(=O)c2ccc(C(C)(C)C)cc2)c1C(=O)N(C=O)Cc1ncccn1. The van der Waals surface area contributed by atoms with Gasteiger partial charge in [-0.05, 0) is 53.8 Å². The van der Waals surface area contributed by atoms with Crippen LogP contribution >= 0.6 is 11.6 Å². The Morgan fingerprint density at radius 3 is 2.26 bits per heavy atom. The van der Waals surface area contributed by atoms with Crippen LogP contribution in [0.2, 0.25) is 5.02 Å². The first-order valence-electron chi connectivity index (χ1n) is 10.4. The lowest BCUT2D eigenvalue weighted by Crippen LogP contribution is -2.31. The van der Waals surface area contributed by atoms with E-state index in [9.17, 15) is 18.0 Å². The number of amides is 2. The van der Waals surface area contributed by atoms with Crippen molar-refractivity contribution in [1.82, 2.24) is 14.9 Å². The smallest absolute Gasteiger partial charge is 0.263 e. The average Bonchev–Trinajstić information content (AvgIpc) is 2.80. The fraction of sp³-hybridized carbons (Fsp3) is 0.250. The van der Waals surface area contributed by atoms with E-state index in [0.29, 0.717) is 12.0 Å². The van der Waals surface area contributed by atoms with E-state index in [-0.39, 0.29) is 39.0 Å². The van der Waals surface area contributed by atoms with Crippen molar-refractivity contribution in [2.24, 2.45) is 0 Å². The van der Waals surface area contributed by atoms with Gasteiger partial charge in [-0.15, -0.1) is 0 Å². The number of imide groups is 1. The van der Waals surface area contributed by atoms with Gasteiger partial charge in [-0.3, -0.25) is 19.2 Å². The molecule has 2 amide bonds. The molecule has 0 saturated heterocycles. The standard InChI is InChI=1S/C24H25ClN4O4S/c1-16-19(25)10-11-20(22(16)23(31)29(15-30)14-21-26-12-5-13-27-21)28-34(32,33)18-8-6-17(7-9-18)24(2,3)4/h5-13,15,28H,14H2,1-4H3. The normalized spacial score (nSPS) is 11.7. The van der Waals surface area contributed by atoms with Crippen molar-refractivity contribution in [3.63, 3.8) is 0 Å². The molecule has 0 aliphatic heterocycles. The number of nitrogens with one attached hydrogen (secondary N) is 1. The summed E-state index contributed by atoms with van der Waals surface area (Å²) in [5, 5.41) is 0.252.